The number of thiophene rings is 1. The summed E-state index contributed by atoms with van der Waals surface area (Å²) in [5.41, 5.74) is 1.48. The van der Waals surface area contributed by atoms with Crippen molar-refractivity contribution in [3.8, 4) is 10.8 Å². The van der Waals surface area contributed by atoms with Gasteiger partial charge >= 0.3 is 0 Å². The number of oxazole rings is 1. The minimum atomic E-state index is -0.0644. The zero-order valence-corrected chi connectivity index (χ0v) is 14.4. The highest BCUT2D eigenvalue weighted by Crippen LogP contribution is 2.34. The first-order chi connectivity index (χ1) is 11.6. The molecule has 0 aromatic carbocycles. The zero-order chi connectivity index (χ0) is 16.7. The summed E-state index contributed by atoms with van der Waals surface area (Å²) in [6, 6.07) is 3.95. The highest BCUT2D eigenvalue weighted by atomic mass is 32.1. The average Bonchev–Trinajstić information content (AvgIpc) is 3.33. The molecule has 0 N–H and O–H groups in total. The molecule has 1 saturated heterocycles. The molecule has 6 nitrogen and oxygen atoms in total. The number of amides is 1. The fourth-order valence-corrected chi connectivity index (χ4v) is 3.85. The van der Waals surface area contributed by atoms with E-state index < -0.39 is 0 Å². The number of rotatable bonds is 3. The lowest BCUT2D eigenvalue weighted by Crippen LogP contribution is -2.31. The van der Waals surface area contributed by atoms with Gasteiger partial charge in [0.2, 0.25) is 5.89 Å². The topological polar surface area (TPSA) is 64.2 Å². The van der Waals surface area contributed by atoms with Crippen LogP contribution in [0.25, 0.3) is 10.8 Å². The van der Waals surface area contributed by atoms with Crippen LogP contribution in [-0.4, -0.2) is 32.1 Å². The molecule has 4 rings (SSSR count). The molecule has 0 aliphatic carbocycles. The largest absolute Gasteiger partial charge is 0.440 e. The molecular weight excluding hydrogens is 324 g/mol. The number of hydrogen-bond acceptors (Lipinski definition) is 5. The molecule has 24 heavy (non-hydrogen) atoms. The van der Waals surface area contributed by atoms with Crippen molar-refractivity contribution < 1.29 is 9.21 Å². The predicted molar refractivity (Wildman–Crippen MR) is 90.8 cm³/mol. The standard InChI is InChI=1S/C17H18N4O2S/c1-11-15(19-16(23-11)14-6-4-8-24-14)17(22)21-7-3-5-13(21)12-9-18-20(2)10-12/h4,6,8-10,13H,3,5,7H2,1-2H3/t13-/m0/s1. The van der Waals surface area contributed by atoms with Gasteiger partial charge in [0.25, 0.3) is 5.91 Å². The van der Waals surface area contributed by atoms with Gasteiger partial charge in [0.05, 0.1) is 17.1 Å². The second-order valence-electron chi connectivity index (χ2n) is 6.01. The van der Waals surface area contributed by atoms with Gasteiger partial charge in [-0.3, -0.25) is 9.48 Å². The molecule has 0 unspecified atom stereocenters. The number of aromatic nitrogens is 3. The Balaban J connectivity index is 1.63. The number of aryl methyl sites for hydroxylation is 2. The summed E-state index contributed by atoms with van der Waals surface area (Å²) in [4.78, 5) is 20.3. The van der Waals surface area contributed by atoms with Crippen LogP contribution in [0.5, 0.6) is 0 Å². The minimum absolute atomic E-state index is 0.0625. The summed E-state index contributed by atoms with van der Waals surface area (Å²) in [7, 11) is 1.89. The number of carbonyl (C=O) groups excluding carboxylic acids is 1. The molecular formula is C17H18N4O2S. The first kappa shape index (κ1) is 15.1. The van der Waals surface area contributed by atoms with Crippen molar-refractivity contribution in [2.24, 2.45) is 7.05 Å². The molecule has 3 aromatic rings. The number of nitrogens with zero attached hydrogens (tertiary/aromatic N) is 4. The summed E-state index contributed by atoms with van der Waals surface area (Å²) >= 11 is 1.55. The zero-order valence-electron chi connectivity index (χ0n) is 13.6. The van der Waals surface area contributed by atoms with E-state index in [0.717, 1.165) is 29.8 Å². The molecule has 124 valence electrons. The lowest BCUT2D eigenvalue weighted by atomic mass is 10.1. The maximum Gasteiger partial charge on any atom is 0.276 e. The molecule has 4 heterocycles. The molecule has 1 aliphatic heterocycles. The van der Waals surface area contributed by atoms with Crippen molar-refractivity contribution >= 4 is 17.2 Å². The Hall–Kier alpha value is -2.41. The van der Waals surface area contributed by atoms with E-state index in [1.807, 2.05) is 41.9 Å². The highest BCUT2D eigenvalue weighted by Gasteiger charge is 2.34. The van der Waals surface area contributed by atoms with Crippen molar-refractivity contribution in [1.29, 1.82) is 0 Å². The van der Waals surface area contributed by atoms with E-state index >= 15 is 0 Å². The average molecular weight is 342 g/mol. The Kier molecular flexibility index (Phi) is 3.72. The second-order valence-corrected chi connectivity index (χ2v) is 6.95. The van der Waals surface area contributed by atoms with Crippen molar-refractivity contribution in [1.82, 2.24) is 19.7 Å². The Morgan fingerprint density at radius 3 is 3.04 bits per heavy atom. The van der Waals surface area contributed by atoms with Gasteiger partial charge in [-0.05, 0) is 31.2 Å². The van der Waals surface area contributed by atoms with Gasteiger partial charge in [0.1, 0.15) is 5.76 Å². The Bertz CT molecular complexity index is 865. The van der Waals surface area contributed by atoms with Crippen LogP contribution < -0.4 is 0 Å². The van der Waals surface area contributed by atoms with E-state index in [9.17, 15) is 4.79 Å². The summed E-state index contributed by atoms with van der Waals surface area (Å²) in [5, 5.41) is 6.20. The van der Waals surface area contributed by atoms with E-state index in [-0.39, 0.29) is 11.9 Å². The Morgan fingerprint density at radius 1 is 1.46 bits per heavy atom. The fourth-order valence-electron chi connectivity index (χ4n) is 3.21. The first-order valence-electron chi connectivity index (χ1n) is 7.94. The summed E-state index contributed by atoms with van der Waals surface area (Å²) in [6.45, 7) is 2.53. The Labute approximate surface area is 143 Å². The van der Waals surface area contributed by atoms with Gasteiger partial charge < -0.3 is 9.32 Å². The van der Waals surface area contributed by atoms with Gasteiger partial charge in [-0.2, -0.15) is 5.10 Å². The van der Waals surface area contributed by atoms with Gasteiger partial charge in [-0.1, -0.05) is 6.07 Å². The number of likely N-dealkylation sites (tertiary alicyclic amines) is 1. The molecule has 0 bridgehead atoms. The monoisotopic (exact) mass is 342 g/mol. The minimum Gasteiger partial charge on any atom is -0.440 e. The van der Waals surface area contributed by atoms with E-state index in [0.29, 0.717) is 17.3 Å². The van der Waals surface area contributed by atoms with Crippen LogP contribution in [0.3, 0.4) is 0 Å². The van der Waals surface area contributed by atoms with Crippen LogP contribution in [0.2, 0.25) is 0 Å². The summed E-state index contributed by atoms with van der Waals surface area (Å²) < 4.78 is 7.49. The maximum absolute atomic E-state index is 13.0. The lowest BCUT2D eigenvalue weighted by molar-refractivity contribution is 0.0728. The summed E-state index contributed by atoms with van der Waals surface area (Å²) in [5.74, 6) is 1.02. The van der Waals surface area contributed by atoms with Crippen LogP contribution in [-0.2, 0) is 7.05 Å². The van der Waals surface area contributed by atoms with Crippen molar-refractivity contribution in [2.45, 2.75) is 25.8 Å². The second kappa shape index (κ2) is 5.90. The molecule has 1 aliphatic rings. The van der Waals surface area contributed by atoms with Gasteiger partial charge in [0.15, 0.2) is 5.69 Å². The molecule has 0 saturated carbocycles. The van der Waals surface area contributed by atoms with Crippen LogP contribution in [0.15, 0.2) is 34.3 Å². The van der Waals surface area contributed by atoms with Gasteiger partial charge in [0, 0.05) is 25.4 Å². The van der Waals surface area contributed by atoms with E-state index in [2.05, 4.69) is 10.1 Å². The van der Waals surface area contributed by atoms with Gasteiger partial charge in [-0.15, -0.1) is 11.3 Å². The van der Waals surface area contributed by atoms with Crippen molar-refractivity contribution in [3.63, 3.8) is 0 Å². The quantitative estimate of drug-likeness (QED) is 0.731. The van der Waals surface area contributed by atoms with E-state index in [1.165, 1.54) is 0 Å². The Morgan fingerprint density at radius 2 is 2.33 bits per heavy atom. The van der Waals surface area contributed by atoms with E-state index in [4.69, 9.17) is 4.42 Å². The fraction of sp³-hybridized carbons (Fsp3) is 0.353. The van der Waals surface area contributed by atoms with Crippen LogP contribution in [0.1, 0.15) is 40.7 Å². The lowest BCUT2D eigenvalue weighted by Gasteiger charge is -2.23. The molecule has 7 heteroatoms. The normalized spacial score (nSPS) is 17.6. The molecule has 1 fully saturated rings. The van der Waals surface area contributed by atoms with E-state index in [1.54, 1.807) is 22.9 Å². The van der Waals surface area contributed by atoms with Gasteiger partial charge in [-0.25, -0.2) is 4.98 Å². The van der Waals surface area contributed by atoms with Crippen LogP contribution >= 0.6 is 11.3 Å². The van der Waals surface area contributed by atoms with Crippen LogP contribution in [0.4, 0.5) is 0 Å². The summed E-state index contributed by atoms with van der Waals surface area (Å²) in [6.07, 6.45) is 5.75. The third-order valence-corrected chi connectivity index (χ3v) is 5.21. The predicted octanol–water partition coefficient (Wildman–Crippen LogP) is 3.42. The smallest absolute Gasteiger partial charge is 0.276 e. The third-order valence-electron chi connectivity index (χ3n) is 4.35. The molecule has 1 amide bonds. The molecule has 3 aromatic heterocycles. The SMILES string of the molecule is Cc1oc(-c2cccs2)nc1C(=O)N1CCC[C@H]1c1cnn(C)c1. The van der Waals surface area contributed by atoms with Crippen molar-refractivity contribution in [3.05, 3.63) is 46.9 Å². The van der Waals surface area contributed by atoms with Crippen molar-refractivity contribution in [2.75, 3.05) is 6.54 Å². The third kappa shape index (κ3) is 2.54. The highest BCUT2D eigenvalue weighted by molar-refractivity contribution is 7.13. The molecule has 0 radical (unpaired) electrons. The molecule has 0 spiro atoms. The first-order valence-corrected chi connectivity index (χ1v) is 8.82. The number of hydrogen-bond donors (Lipinski definition) is 0. The maximum atomic E-state index is 13.0. The molecule has 1 atom stereocenters. The van der Waals surface area contributed by atoms with Crippen LogP contribution in [0, 0.1) is 6.92 Å². The number of carbonyl (C=O) groups is 1.